The van der Waals surface area contributed by atoms with E-state index in [9.17, 15) is 0 Å². The Bertz CT molecular complexity index is 171. The van der Waals surface area contributed by atoms with E-state index in [0.29, 0.717) is 5.15 Å². The second kappa shape index (κ2) is 5.07. The number of halogens is 1. The highest BCUT2D eigenvalue weighted by molar-refractivity contribution is 6.29. The van der Waals surface area contributed by atoms with Crippen molar-refractivity contribution in [3.05, 3.63) is 29.5 Å². The van der Waals surface area contributed by atoms with E-state index in [-0.39, 0.29) is 0 Å². The minimum Gasteiger partial charge on any atom is -0.245 e. The Labute approximate surface area is 58.7 Å². The Morgan fingerprint density at radius 3 is 2.33 bits per heavy atom. The van der Waals surface area contributed by atoms with E-state index in [2.05, 4.69) is 11.6 Å². The second-order valence-electron chi connectivity index (χ2n) is 1.15. The minimum absolute atomic E-state index is 0.544. The topological polar surface area (TPSA) is 36.7 Å². The van der Waals surface area contributed by atoms with Crippen LogP contribution in [-0.4, -0.2) is 4.98 Å². The van der Waals surface area contributed by atoms with Crippen molar-refractivity contribution in [1.82, 2.24) is 4.98 Å². The van der Waals surface area contributed by atoms with Gasteiger partial charge in [0.05, 0.1) is 0 Å². The van der Waals surface area contributed by atoms with Gasteiger partial charge in [-0.05, 0) is 12.1 Å². The first-order chi connectivity index (χ1) is 4.39. The van der Waals surface area contributed by atoms with E-state index in [1.807, 2.05) is 12.1 Å². The zero-order chi connectivity index (χ0) is 7.11. The van der Waals surface area contributed by atoms with Gasteiger partial charge in [-0.2, -0.15) is 0 Å². The maximum absolute atomic E-state index is 6.50. The molecular formula is C6H5ClN2. The van der Waals surface area contributed by atoms with Gasteiger partial charge in [0.1, 0.15) is 5.15 Å². The molecule has 9 heavy (non-hydrogen) atoms. The van der Waals surface area contributed by atoms with Crippen LogP contribution in [0.2, 0.25) is 5.15 Å². The molecule has 0 amide bonds. The summed E-state index contributed by atoms with van der Waals surface area (Å²) in [6.07, 6.45) is 1.66. The molecule has 0 aliphatic rings. The number of hydrogen-bond donors (Lipinski definition) is 0. The smallest absolute Gasteiger partial charge is 0.129 e. The number of pyridine rings is 1. The highest BCUT2D eigenvalue weighted by atomic mass is 35.5. The predicted octanol–water partition coefficient (Wildman–Crippen LogP) is 1.87. The molecule has 0 bridgehead atoms. The lowest BCUT2D eigenvalue weighted by Gasteiger charge is -1.79. The summed E-state index contributed by atoms with van der Waals surface area (Å²) in [6, 6.07) is 5.41. The summed E-state index contributed by atoms with van der Waals surface area (Å²) in [5, 5.41) is 7.04. The molecular weight excluding hydrogens is 136 g/mol. The average Bonchev–Trinajstić information content (AvgIpc) is 1.94. The van der Waals surface area contributed by atoms with Gasteiger partial charge in [-0.1, -0.05) is 17.7 Å². The summed E-state index contributed by atoms with van der Waals surface area (Å²) < 4.78 is 0. The molecule has 0 aromatic carbocycles. The van der Waals surface area contributed by atoms with Crippen molar-refractivity contribution in [3.8, 4) is 6.57 Å². The van der Waals surface area contributed by atoms with Gasteiger partial charge in [0, 0.05) is 12.8 Å². The largest absolute Gasteiger partial charge is 0.245 e. The van der Waals surface area contributed by atoms with Gasteiger partial charge in [0.2, 0.25) is 0 Å². The fourth-order valence-corrected chi connectivity index (χ4v) is 0.471. The molecule has 0 unspecified atom stereocenters. The first-order valence-electron chi connectivity index (χ1n) is 2.22. The molecule has 0 saturated heterocycles. The van der Waals surface area contributed by atoms with Crippen LogP contribution in [0.5, 0.6) is 0 Å². The minimum atomic E-state index is 0.544. The molecule has 0 spiro atoms. The second-order valence-corrected chi connectivity index (χ2v) is 1.54. The molecule has 1 aromatic heterocycles. The number of rotatable bonds is 0. The van der Waals surface area contributed by atoms with Crippen LogP contribution in [0.25, 0.3) is 0 Å². The number of nitriles is 1. The fourth-order valence-electron chi connectivity index (χ4n) is 0.342. The van der Waals surface area contributed by atoms with Crippen LogP contribution in [0.4, 0.5) is 0 Å². The Balaban J connectivity index is 0.000000291. The standard InChI is InChI=1S/C5H4ClN.CHN/c6-5-3-1-2-4-7-5;1-2/h1-4H;1H. The van der Waals surface area contributed by atoms with E-state index >= 15 is 0 Å². The maximum Gasteiger partial charge on any atom is 0.129 e. The van der Waals surface area contributed by atoms with E-state index in [1.54, 1.807) is 12.3 Å². The molecule has 0 radical (unpaired) electrons. The van der Waals surface area contributed by atoms with Crippen LogP contribution in [0.3, 0.4) is 0 Å². The van der Waals surface area contributed by atoms with Crippen molar-refractivity contribution in [3.63, 3.8) is 0 Å². The number of hydrogen-bond acceptors (Lipinski definition) is 2. The van der Waals surface area contributed by atoms with Gasteiger partial charge in [0.25, 0.3) is 0 Å². The van der Waals surface area contributed by atoms with E-state index in [0.717, 1.165) is 0 Å². The molecule has 1 rings (SSSR count). The first kappa shape index (κ1) is 7.93. The van der Waals surface area contributed by atoms with E-state index < -0.39 is 0 Å². The summed E-state index contributed by atoms with van der Waals surface area (Å²) in [5.74, 6) is 0. The average molecular weight is 141 g/mol. The van der Waals surface area contributed by atoms with Crippen molar-refractivity contribution in [2.24, 2.45) is 0 Å². The summed E-state index contributed by atoms with van der Waals surface area (Å²) in [5.41, 5.74) is 0. The summed E-state index contributed by atoms with van der Waals surface area (Å²) >= 11 is 5.43. The number of nitrogens with zero attached hydrogens (tertiary/aromatic N) is 2. The third-order valence-electron chi connectivity index (χ3n) is 0.629. The first-order valence-corrected chi connectivity index (χ1v) is 2.60. The van der Waals surface area contributed by atoms with Crippen LogP contribution in [-0.2, 0) is 0 Å². The van der Waals surface area contributed by atoms with Crippen LogP contribution < -0.4 is 0 Å². The van der Waals surface area contributed by atoms with E-state index in [1.165, 1.54) is 0 Å². The molecule has 0 aliphatic carbocycles. The molecule has 2 nitrogen and oxygen atoms in total. The Morgan fingerprint density at radius 2 is 2.11 bits per heavy atom. The van der Waals surface area contributed by atoms with Crippen molar-refractivity contribution in [2.45, 2.75) is 0 Å². The molecule has 0 aliphatic heterocycles. The van der Waals surface area contributed by atoms with Crippen molar-refractivity contribution in [1.29, 1.82) is 5.26 Å². The Morgan fingerprint density at radius 1 is 1.44 bits per heavy atom. The van der Waals surface area contributed by atoms with Crippen LogP contribution in [0, 0.1) is 11.8 Å². The van der Waals surface area contributed by atoms with Crippen molar-refractivity contribution < 1.29 is 0 Å². The molecule has 3 heteroatoms. The lowest BCUT2D eigenvalue weighted by molar-refractivity contribution is 1.33. The zero-order valence-corrected chi connectivity index (χ0v) is 5.42. The Kier molecular flexibility index (Phi) is 4.47. The van der Waals surface area contributed by atoms with Crippen molar-refractivity contribution >= 4 is 11.6 Å². The third-order valence-corrected chi connectivity index (χ3v) is 0.852. The van der Waals surface area contributed by atoms with Gasteiger partial charge < -0.3 is 0 Å². The summed E-state index contributed by atoms with van der Waals surface area (Å²) in [6.45, 7) is 3.50. The van der Waals surface area contributed by atoms with Gasteiger partial charge in [-0.15, -0.1) is 0 Å². The van der Waals surface area contributed by atoms with Crippen LogP contribution in [0.15, 0.2) is 24.4 Å². The van der Waals surface area contributed by atoms with E-state index in [4.69, 9.17) is 16.9 Å². The molecule has 1 heterocycles. The quantitative estimate of drug-likeness (QED) is 0.516. The zero-order valence-electron chi connectivity index (χ0n) is 4.66. The normalized spacial score (nSPS) is 7.00. The molecule has 0 atom stereocenters. The van der Waals surface area contributed by atoms with Crippen molar-refractivity contribution in [2.75, 3.05) is 0 Å². The molecule has 0 fully saturated rings. The van der Waals surface area contributed by atoms with Crippen LogP contribution in [0.1, 0.15) is 0 Å². The maximum atomic E-state index is 6.50. The van der Waals surface area contributed by atoms with Gasteiger partial charge >= 0.3 is 0 Å². The molecule has 0 saturated carbocycles. The van der Waals surface area contributed by atoms with Gasteiger partial charge in [0.15, 0.2) is 0 Å². The molecule has 0 N–H and O–H groups in total. The molecule has 1 aromatic rings. The predicted molar refractivity (Wildman–Crippen MR) is 35.9 cm³/mol. The SMILES string of the molecule is C#N.Clc1ccccn1. The summed E-state index contributed by atoms with van der Waals surface area (Å²) in [4.78, 5) is 3.74. The number of aromatic nitrogens is 1. The third kappa shape index (κ3) is 3.51. The summed E-state index contributed by atoms with van der Waals surface area (Å²) in [7, 11) is 0. The van der Waals surface area contributed by atoms with Crippen LogP contribution >= 0.6 is 11.6 Å². The van der Waals surface area contributed by atoms with Gasteiger partial charge in [-0.3, -0.25) is 0 Å². The lowest BCUT2D eigenvalue weighted by Crippen LogP contribution is -1.65. The monoisotopic (exact) mass is 140 g/mol. The highest BCUT2D eigenvalue weighted by Gasteiger charge is 1.76. The fraction of sp³-hybridized carbons (Fsp3) is 0. The van der Waals surface area contributed by atoms with Gasteiger partial charge in [-0.25, -0.2) is 10.2 Å². The molecule has 46 valence electrons. The lowest BCUT2D eigenvalue weighted by atomic mass is 10.5. The highest BCUT2D eigenvalue weighted by Crippen LogP contribution is 1.98. The Hall–Kier alpha value is -1.07.